The SMILES string of the molecule is CNC(=O)Nc1nc2c(s1)CN(c1nc(C34CCC(C(=O)O)(CC3)CC4)no1)CC2. The van der Waals surface area contributed by atoms with Crippen molar-refractivity contribution >= 4 is 34.5 Å². The van der Waals surface area contributed by atoms with E-state index in [-0.39, 0.29) is 11.4 Å². The molecule has 3 aliphatic carbocycles. The van der Waals surface area contributed by atoms with E-state index in [1.54, 1.807) is 7.05 Å². The van der Waals surface area contributed by atoms with Crippen LogP contribution >= 0.6 is 11.3 Å². The van der Waals surface area contributed by atoms with Gasteiger partial charge in [0.2, 0.25) is 0 Å². The molecule has 11 heteroatoms. The predicted octanol–water partition coefficient (Wildman–Crippen LogP) is 2.52. The highest BCUT2D eigenvalue weighted by Crippen LogP contribution is 2.57. The maximum atomic E-state index is 11.7. The first-order chi connectivity index (χ1) is 14.4. The summed E-state index contributed by atoms with van der Waals surface area (Å²) in [7, 11) is 1.57. The van der Waals surface area contributed by atoms with Crippen molar-refractivity contribution in [1.82, 2.24) is 20.4 Å². The van der Waals surface area contributed by atoms with E-state index in [2.05, 4.69) is 20.8 Å². The number of hydrogen-bond acceptors (Lipinski definition) is 8. The van der Waals surface area contributed by atoms with Gasteiger partial charge in [0.15, 0.2) is 11.0 Å². The minimum Gasteiger partial charge on any atom is -0.481 e. The fraction of sp³-hybridized carbons (Fsp3) is 0.632. The molecule has 10 nitrogen and oxygen atoms in total. The number of aromatic nitrogens is 3. The third-order valence-electron chi connectivity index (χ3n) is 7.04. The summed E-state index contributed by atoms with van der Waals surface area (Å²) in [6.07, 6.45) is 5.18. The van der Waals surface area contributed by atoms with E-state index in [4.69, 9.17) is 9.51 Å². The number of anilines is 2. The molecule has 0 aromatic carbocycles. The Hall–Kier alpha value is -2.69. The summed E-state index contributed by atoms with van der Waals surface area (Å²) < 4.78 is 5.63. The average molecular weight is 433 g/mol. The number of carbonyl (C=O) groups excluding carboxylic acids is 1. The first-order valence-electron chi connectivity index (χ1n) is 10.2. The molecule has 160 valence electrons. The Labute approximate surface area is 177 Å². The molecule has 3 N–H and O–H groups in total. The number of nitrogens with one attached hydrogen (secondary N) is 2. The third-order valence-corrected chi connectivity index (χ3v) is 8.04. The summed E-state index contributed by atoms with van der Waals surface area (Å²) in [4.78, 5) is 35.6. The number of carbonyl (C=O) groups is 2. The smallest absolute Gasteiger partial charge is 0.324 e. The van der Waals surface area contributed by atoms with Crippen LogP contribution in [0.1, 0.15) is 54.9 Å². The molecule has 3 saturated carbocycles. The number of fused-ring (bicyclic) bond motifs is 4. The van der Waals surface area contributed by atoms with Crippen molar-refractivity contribution < 1.29 is 19.2 Å². The Morgan fingerprint density at radius 2 is 1.90 bits per heavy atom. The van der Waals surface area contributed by atoms with E-state index in [1.807, 2.05) is 4.90 Å². The van der Waals surface area contributed by atoms with Crippen LogP contribution < -0.4 is 15.5 Å². The molecule has 2 aromatic heterocycles. The van der Waals surface area contributed by atoms with Crippen LogP contribution in [-0.4, -0.2) is 45.8 Å². The van der Waals surface area contributed by atoms with Crippen LogP contribution in [0.5, 0.6) is 0 Å². The van der Waals surface area contributed by atoms with Crippen LogP contribution in [0.25, 0.3) is 0 Å². The highest BCUT2D eigenvalue weighted by molar-refractivity contribution is 7.15. The van der Waals surface area contributed by atoms with Gasteiger partial charge in [-0.05, 0) is 38.5 Å². The lowest BCUT2D eigenvalue weighted by Gasteiger charge is -2.49. The predicted molar refractivity (Wildman–Crippen MR) is 109 cm³/mol. The van der Waals surface area contributed by atoms with Crippen LogP contribution in [0.3, 0.4) is 0 Å². The second-order valence-electron chi connectivity index (χ2n) is 8.53. The molecule has 3 heterocycles. The van der Waals surface area contributed by atoms with Crippen molar-refractivity contribution in [3.05, 3.63) is 16.4 Å². The molecule has 30 heavy (non-hydrogen) atoms. The molecule has 1 aliphatic heterocycles. The Kier molecular flexibility index (Phi) is 4.46. The lowest BCUT2D eigenvalue weighted by atomic mass is 9.53. The minimum atomic E-state index is -0.663. The molecule has 0 spiro atoms. The summed E-state index contributed by atoms with van der Waals surface area (Å²) >= 11 is 1.45. The average Bonchev–Trinajstić information content (AvgIpc) is 3.41. The van der Waals surface area contributed by atoms with Crippen molar-refractivity contribution in [3.63, 3.8) is 0 Å². The van der Waals surface area contributed by atoms with E-state index in [0.29, 0.717) is 49.3 Å². The number of carboxylic acid groups (broad SMARTS) is 1. The number of nitrogens with zero attached hydrogens (tertiary/aromatic N) is 4. The van der Waals surface area contributed by atoms with Crippen LogP contribution in [-0.2, 0) is 23.2 Å². The molecule has 0 saturated heterocycles. The molecule has 2 bridgehead atoms. The van der Waals surface area contributed by atoms with Gasteiger partial charge in [-0.1, -0.05) is 16.5 Å². The van der Waals surface area contributed by atoms with Gasteiger partial charge < -0.3 is 19.8 Å². The Morgan fingerprint density at radius 3 is 2.57 bits per heavy atom. The number of rotatable bonds is 4. The quantitative estimate of drug-likeness (QED) is 0.671. The van der Waals surface area contributed by atoms with E-state index in [0.717, 1.165) is 36.3 Å². The maximum absolute atomic E-state index is 11.7. The fourth-order valence-electron chi connectivity index (χ4n) is 4.97. The fourth-order valence-corrected chi connectivity index (χ4v) is 5.99. The number of urea groups is 1. The van der Waals surface area contributed by atoms with Crippen molar-refractivity contribution in [3.8, 4) is 0 Å². The van der Waals surface area contributed by atoms with Gasteiger partial charge >= 0.3 is 18.0 Å². The molecular formula is C19H24N6O4S. The lowest BCUT2D eigenvalue weighted by Crippen LogP contribution is -2.48. The van der Waals surface area contributed by atoms with Gasteiger partial charge in [-0.3, -0.25) is 10.1 Å². The molecule has 0 unspecified atom stereocenters. The van der Waals surface area contributed by atoms with E-state index >= 15 is 0 Å². The van der Waals surface area contributed by atoms with E-state index < -0.39 is 11.4 Å². The van der Waals surface area contributed by atoms with Crippen molar-refractivity contribution in [2.75, 3.05) is 23.8 Å². The Morgan fingerprint density at radius 1 is 1.17 bits per heavy atom. The molecule has 2 amide bonds. The maximum Gasteiger partial charge on any atom is 0.324 e. The molecule has 4 aliphatic rings. The monoisotopic (exact) mass is 432 g/mol. The standard InChI is InChI=1S/C19H24N6O4S/c1-20-15(28)23-16-21-11-2-9-25(10-12(11)30-16)17-22-13(24-29-17)18-3-6-19(7-4-18,8-5-18)14(26)27/h2-10H2,1H3,(H,26,27)(H2,20,21,23,28). The number of carboxylic acids is 1. The summed E-state index contributed by atoms with van der Waals surface area (Å²) in [5.74, 6) is 0.0526. The van der Waals surface area contributed by atoms with Gasteiger partial charge in [-0.15, -0.1) is 0 Å². The van der Waals surface area contributed by atoms with E-state index in [9.17, 15) is 14.7 Å². The molecule has 0 atom stereocenters. The second-order valence-corrected chi connectivity index (χ2v) is 9.61. The molecular weight excluding hydrogens is 408 g/mol. The second kappa shape index (κ2) is 6.93. The van der Waals surface area contributed by atoms with Gasteiger partial charge in [-0.2, -0.15) is 4.98 Å². The first-order valence-corrected chi connectivity index (χ1v) is 11.0. The Bertz CT molecular complexity index is 977. The number of aliphatic carboxylic acids is 1. The third kappa shape index (κ3) is 3.03. The van der Waals surface area contributed by atoms with Crippen LogP contribution in [0.2, 0.25) is 0 Å². The summed E-state index contributed by atoms with van der Waals surface area (Å²) in [6.45, 7) is 1.33. The number of thiazole rings is 1. The molecule has 3 fully saturated rings. The topological polar surface area (TPSA) is 133 Å². The summed E-state index contributed by atoms with van der Waals surface area (Å²) in [5, 5.41) is 19.7. The van der Waals surface area contributed by atoms with Crippen LogP contribution in [0.4, 0.5) is 15.9 Å². The van der Waals surface area contributed by atoms with Gasteiger partial charge in [0.25, 0.3) is 0 Å². The van der Waals surface area contributed by atoms with Gasteiger partial charge in [-0.25, -0.2) is 9.78 Å². The van der Waals surface area contributed by atoms with Gasteiger partial charge in [0, 0.05) is 30.3 Å². The van der Waals surface area contributed by atoms with Crippen molar-refractivity contribution in [2.24, 2.45) is 5.41 Å². The van der Waals surface area contributed by atoms with Crippen molar-refractivity contribution in [1.29, 1.82) is 0 Å². The highest BCUT2D eigenvalue weighted by atomic mass is 32.1. The minimum absolute atomic E-state index is 0.158. The normalized spacial score (nSPS) is 27.6. The van der Waals surface area contributed by atoms with Crippen molar-refractivity contribution in [2.45, 2.75) is 56.9 Å². The molecule has 6 rings (SSSR count). The largest absolute Gasteiger partial charge is 0.481 e. The number of amides is 2. The lowest BCUT2D eigenvalue weighted by molar-refractivity contribution is -0.156. The first kappa shape index (κ1) is 19.3. The van der Waals surface area contributed by atoms with Gasteiger partial charge in [0.05, 0.1) is 17.7 Å². The zero-order chi connectivity index (χ0) is 20.9. The van der Waals surface area contributed by atoms with Gasteiger partial charge in [0.1, 0.15) is 0 Å². The number of hydrogen-bond donors (Lipinski definition) is 3. The Balaban J connectivity index is 1.30. The molecule has 2 aromatic rings. The summed E-state index contributed by atoms with van der Waals surface area (Å²) in [5.41, 5.74) is 0.282. The summed E-state index contributed by atoms with van der Waals surface area (Å²) in [6, 6.07) is 0.213. The van der Waals surface area contributed by atoms with E-state index in [1.165, 1.54) is 11.3 Å². The van der Waals surface area contributed by atoms with Crippen LogP contribution in [0, 0.1) is 5.41 Å². The van der Waals surface area contributed by atoms with Crippen LogP contribution in [0.15, 0.2) is 4.52 Å². The highest BCUT2D eigenvalue weighted by Gasteiger charge is 2.55. The zero-order valence-corrected chi connectivity index (χ0v) is 17.5. The zero-order valence-electron chi connectivity index (χ0n) is 16.7. The molecule has 0 radical (unpaired) electrons.